The van der Waals surface area contributed by atoms with Gasteiger partial charge in [-0.05, 0) is 50.5 Å². The van der Waals surface area contributed by atoms with Crippen LogP contribution >= 0.6 is 11.3 Å². The molecule has 3 aromatic rings. The molecule has 1 fully saturated rings. The molecule has 0 bridgehead atoms. The lowest BCUT2D eigenvalue weighted by molar-refractivity contribution is 0.0976. The molecule has 3 heterocycles. The summed E-state index contributed by atoms with van der Waals surface area (Å²) >= 11 is 1.51. The smallest absolute Gasteiger partial charge is 0.179 e. The van der Waals surface area contributed by atoms with Gasteiger partial charge < -0.3 is 9.88 Å². The summed E-state index contributed by atoms with van der Waals surface area (Å²) in [6, 6.07) is 8.28. The maximum absolute atomic E-state index is 13.0. The second-order valence-electron chi connectivity index (χ2n) is 6.79. The largest absolute Gasteiger partial charge is 0.352 e. The number of aromatic nitrogens is 3. The molecule has 6 heteroatoms. The van der Waals surface area contributed by atoms with E-state index >= 15 is 0 Å². The molecular weight excluding hydrogens is 332 g/mol. The summed E-state index contributed by atoms with van der Waals surface area (Å²) in [7, 11) is 2.17. The first kappa shape index (κ1) is 16.4. The highest BCUT2D eigenvalue weighted by atomic mass is 32.1. The molecule has 1 aliphatic heterocycles. The molecular formula is C19H22N4OS. The van der Waals surface area contributed by atoms with Gasteiger partial charge in [-0.15, -0.1) is 21.5 Å². The summed E-state index contributed by atoms with van der Waals surface area (Å²) < 4.78 is 0. The van der Waals surface area contributed by atoms with E-state index < -0.39 is 0 Å². The maximum Gasteiger partial charge on any atom is 0.179 e. The molecule has 130 valence electrons. The Morgan fingerprint density at radius 1 is 1.32 bits per heavy atom. The Bertz CT molecular complexity index is 863. The van der Waals surface area contributed by atoms with Crippen molar-refractivity contribution in [1.82, 2.24) is 20.1 Å². The second-order valence-corrected chi connectivity index (χ2v) is 7.71. The third kappa shape index (κ3) is 3.37. The molecule has 0 atom stereocenters. The molecule has 1 saturated heterocycles. The highest BCUT2D eigenvalue weighted by Crippen LogP contribution is 2.36. The van der Waals surface area contributed by atoms with E-state index in [4.69, 9.17) is 0 Å². The number of nitrogens with one attached hydrogen (secondary N) is 1. The summed E-state index contributed by atoms with van der Waals surface area (Å²) in [6.45, 7) is 2.17. The normalized spacial score (nSPS) is 16.5. The topological polar surface area (TPSA) is 61.9 Å². The summed E-state index contributed by atoms with van der Waals surface area (Å²) in [5, 5.41) is 10.0. The molecule has 25 heavy (non-hydrogen) atoms. The molecule has 4 rings (SSSR count). The molecule has 1 N–H and O–H groups in total. The van der Waals surface area contributed by atoms with Crippen molar-refractivity contribution in [2.45, 2.75) is 31.6 Å². The number of aryl methyl sites for hydroxylation is 1. The van der Waals surface area contributed by atoms with Crippen LogP contribution in [0.3, 0.4) is 0 Å². The monoisotopic (exact) mass is 354 g/mol. The molecule has 0 radical (unpaired) electrons. The number of para-hydroxylation sites is 1. The second kappa shape index (κ2) is 7.06. The summed E-state index contributed by atoms with van der Waals surface area (Å²) in [5.41, 5.74) is 4.81. The van der Waals surface area contributed by atoms with Crippen LogP contribution < -0.4 is 0 Å². The number of carbonyl (C=O) groups excluding carboxylic acids is 1. The molecule has 0 spiro atoms. The van der Waals surface area contributed by atoms with Gasteiger partial charge >= 0.3 is 0 Å². The van der Waals surface area contributed by atoms with Crippen molar-refractivity contribution >= 4 is 28.0 Å². The van der Waals surface area contributed by atoms with Gasteiger partial charge in [-0.1, -0.05) is 18.2 Å². The molecule has 1 aliphatic rings. The highest BCUT2D eigenvalue weighted by molar-refractivity contribution is 7.09. The average Bonchev–Trinajstić information content (AvgIpc) is 3.28. The van der Waals surface area contributed by atoms with Crippen molar-refractivity contribution < 1.29 is 4.79 Å². The molecule has 0 aliphatic carbocycles. The number of aromatic amines is 1. The van der Waals surface area contributed by atoms with Crippen LogP contribution in [0.4, 0.5) is 0 Å². The minimum absolute atomic E-state index is 0.181. The van der Waals surface area contributed by atoms with Crippen LogP contribution in [0.1, 0.15) is 46.2 Å². The molecule has 5 nitrogen and oxygen atoms in total. The number of hydrogen-bond acceptors (Lipinski definition) is 5. The quantitative estimate of drug-likeness (QED) is 0.711. The van der Waals surface area contributed by atoms with Gasteiger partial charge in [-0.3, -0.25) is 4.79 Å². The number of ketones is 1. The Balaban J connectivity index is 1.65. The summed E-state index contributed by atoms with van der Waals surface area (Å²) in [6.07, 6.45) is 3.34. The van der Waals surface area contributed by atoms with E-state index in [-0.39, 0.29) is 5.78 Å². The SMILES string of the molecule is CN1CCC(c2c(C(=O)CCc3nncs3)[nH]c3ccccc23)CC1. The number of carbonyl (C=O) groups is 1. The first-order valence-electron chi connectivity index (χ1n) is 8.80. The Labute approximate surface area is 151 Å². The van der Waals surface area contributed by atoms with Crippen LogP contribution in [0.2, 0.25) is 0 Å². The number of H-pyrrole nitrogens is 1. The van der Waals surface area contributed by atoms with E-state index in [0.717, 1.165) is 42.1 Å². The van der Waals surface area contributed by atoms with Gasteiger partial charge in [0.15, 0.2) is 5.78 Å². The van der Waals surface area contributed by atoms with Crippen LogP contribution in [0, 0.1) is 0 Å². The van der Waals surface area contributed by atoms with Crippen LogP contribution in [0.5, 0.6) is 0 Å². The van der Waals surface area contributed by atoms with Crippen molar-refractivity contribution in [3.8, 4) is 0 Å². The van der Waals surface area contributed by atoms with Crippen LogP contribution in [-0.2, 0) is 6.42 Å². The van der Waals surface area contributed by atoms with Gasteiger partial charge in [0.05, 0.1) is 5.69 Å². The van der Waals surface area contributed by atoms with Gasteiger partial charge in [-0.25, -0.2) is 0 Å². The number of fused-ring (bicyclic) bond motifs is 1. The predicted octanol–water partition coefficient (Wildman–Crippen LogP) is 3.64. The molecule has 0 amide bonds. The Hall–Kier alpha value is -2.05. The number of Topliss-reactive ketones (excluding diaryl/α,β-unsaturated/α-hetero) is 1. The fourth-order valence-electron chi connectivity index (χ4n) is 3.76. The zero-order valence-corrected chi connectivity index (χ0v) is 15.2. The fourth-order valence-corrected chi connectivity index (χ4v) is 4.29. The fraction of sp³-hybridized carbons (Fsp3) is 0.421. The van der Waals surface area contributed by atoms with Crippen molar-refractivity contribution in [2.24, 2.45) is 0 Å². The lowest BCUT2D eigenvalue weighted by atomic mass is 9.86. The maximum atomic E-state index is 13.0. The molecule has 0 saturated carbocycles. The standard InChI is InChI=1S/C19H22N4OS/c1-23-10-8-13(9-11-23)18-14-4-2-3-5-15(14)21-19(18)16(24)6-7-17-22-20-12-25-17/h2-5,12-13,21H,6-11H2,1H3. The summed E-state index contributed by atoms with van der Waals surface area (Å²) in [4.78, 5) is 18.7. The number of rotatable bonds is 5. The van der Waals surface area contributed by atoms with Crippen LogP contribution in [0.25, 0.3) is 10.9 Å². The molecule has 2 aromatic heterocycles. The van der Waals surface area contributed by atoms with E-state index in [2.05, 4.69) is 45.3 Å². The molecule has 0 unspecified atom stereocenters. The van der Waals surface area contributed by atoms with Gasteiger partial charge in [0.25, 0.3) is 0 Å². The predicted molar refractivity (Wildman–Crippen MR) is 100 cm³/mol. The average molecular weight is 354 g/mol. The van der Waals surface area contributed by atoms with E-state index in [1.54, 1.807) is 5.51 Å². The third-order valence-electron chi connectivity index (χ3n) is 5.12. The lowest BCUT2D eigenvalue weighted by Crippen LogP contribution is -2.29. The zero-order valence-electron chi connectivity index (χ0n) is 14.4. The van der Waals surface area contributed by atoms with Crippen molar-refractivity contribution in [2.75, 3.05) is 20.1 Å². The van der Waals surface area contributed by atoms with Crippen molar-refractivity contribution in [3.63, 3.8) is 0 Å². The first-order valence-corrected chi connectivity index (χ1v) is 9.67. The number of piperidine rings is 1. The van der Waals surface area contributed by atoms with Crippen LogP contribution in [0.15, 0.2) is 29.8 Å². The van der Waals surface area contributed by atoms with Crippen molar-refractivity contribution in [1.29, 1.82) is 0 Å². The number of nitrogens with zero attached hydrogens (tertiary/aromatic N) is 3. The van der Waals surface area contributed by atoms with E-state index in [1.165, 1.54) is 22.3 Å². The van der Waals surface area contributed by atoms with E-state index in [0.29, 0.717) is 18.8 Å². The number of likely N-dealkylation sites (tertiary alicyclic amines) is 1. The number of benzene rings is 1. The Morgan fingerprint density at radius 3 is 2.88 bits per heavy atom. The lowest BCUT2D eigenvalue weighted by Gasteiger charge is -2.29. The van der Waals surface area contributed by atoms with Gasteiger partial charge in [0, 0.05) is 23.7 Å². The third-order valence-corrected chi connectivity index (χ3v) is 5.88. The number of hydrogen-bond donors (Lipinski definition) is 1. The Kier molecular flexibility index (Phi) is 4.63. The molecule has 1 aromatic carbocycles. The van der Waals surface area contributed by atoms with Crippen LogP contribution in [-0.4, -0.2) is 46.0 Å². The summed E-state index contributed by atoms with van der Waals surface area (Å²) in [5.74, 6) is 0.633. The van der Waals surface area contributed by atoms with Gasteiger partial charge in [0.1, 0.15) is 10.5 Å². The first-order chi connectivity index (χ1) is 12.2. The minimum atomic E-state index is 0.181. The van der Waals surface area contributed by atoms with Gasteiger partial charge in [0.2, 0.25) is 0 Å². The van der Waals surface area contributed by atoms with E-state index in [9.17, 15) is 4.79 Å². The van der Waals surface area contributed by atoms with E-state index in [1.807, 2.05) is 6.07 Å². The Morgan fingerprint density at radius 2 is 2.12 bits per heavy atom. The highest BCUT2D eigenvalue weighted by Gasteiger charge is 2.27. The van der Waals surface area contributed by atoms with Crippen molar-refractivity contribution in [3.05, 3.63) is 46.0 Å². The minimum Gasteiger partial charge on any atom is -0.352 e. The van der Waals surface area contributed by atoms with Gasteiger partial charge in [-0.2, -0.15) is 0 Å². The zero-order chi connectivity index (χ0) is 17.2.